The van der Waals surface area contributed by atoms with Crippen LogP contribution < -0.4 is 11.1 Å². The van der Waals surface area contributed by atoms with E-state index in [4.69, 9.17) is 10.8 Å². The molecule has 0 aliphatic heterocycles. The summed E-state index contributed by atoms with van der Waals surface area (Å²) in [6, 6.07) is -1.53. The fourth-order valence-electron chi connectivity index (χ4n) is 1.07. The van der Waals surface area contributed by atoms with Crippen LogP contribution in [0.15, 0.2) is 0 Å². The first kappa shape index (κ1) is 17.6. The van der Waals surface area contributed by atoms with Gasteiger partial charge in [-0.15, -0.1) is 12.4 Å². The molecule has 96 valence electrons. The van der Waals surface area contributed by atoms with Gasteiger partial charge in [0.05, 0.1) is 6.04 Å². The summed E-state index contributed by atoms with van der Waals surface area (Å²) < 4.78 is 0. The number of carbonyl (C=O) groups is 2. The highest BCUT2D eigenvalue weighted by Crippen LogP contribution is 2.04. The summed E-state index contributed by atoms with van der Waals surface area (Å²) in [4.78, 5) is 22.3. The van der Waals surface area contributed by atoms with Gasteiger partial charge in [-0.1, -0.05) is 27.7 Å². The molecule has 0 aromatic rings. The lowest BCUT2D eigenvalue weighted by molar-refractivity contribution is -0.143. The second kappa shape index (κ2) is 7.46. The van der Waals surface area contributed by atoms with Crippen molar-refractivity contribution < 1.29 is 14.7 Å². The van der Waals surface area contributed by atoms with Gasteiger partial charge in [-0.2, -0.15) is 0 Å². The molecule has 0 aliphatic rings. The standard InChI is InChI=1S/C10H20N2O3.ClH/c1-5(2)7(11)9(13)12-8(6(3)4)10(14)15;/h5-8H,11H2,1-4H3,(H,12,13)(H,14,15);1H. The summed E-state index contributed by atoms with van der Waals surface area (Å²) >= 11 is 0. The first-order valence-electron chi connectivity index (χ1n) is 5.06. The van der Waals surface area contributed by atoms with E-state index in [1.807, 2.05) is 13.8 Å². The van der Waals surface area contributed by atoms with Crippen LogP contribution in [0.3, 0.4) is 0 Å². The van der Waals surface area contributed by atoms with Gasteiger partial charge in [-0.3, -0.25) is 4.79 Å². The van der Waals surface area contributed by atoms with E-state index >= 15 is 0 Å². The highest BCUT2D eigenvalue weighted by atomic mass is 35.5. The van der Waals surface area contributed by atoms with E-state index < -0.39 is 24.0 Å². The molecule has 0 bridgehead atoms. The molecule has 0 aliphatic carbocycles. The Morgan fingerprint density at radius 3 is 1.81 bits per heavy atom. The molecule has 0 heterocycles. The molecule has 0 aromatic heterocycles. The Morgan fingerprint density at radius 1 is 1.12 bits per heavy atom. The Hall–Kier alpha value is -0.810. The number of nitrogens with two attached hydrogens (primary N) is 1. The number of hydrogen-bond donors (Lipinski definition) is 3. The molecule has 0 saturated heterocycles. The smallest absolute Gasteiger partial charge is 0.326 e. The molecule has 5 nitrogen and oxygen atoms in total. The minimum absolute atomic E-state index is 0. The summed E-state index contributed by atoms with van der Waals surface area (Å²) in [5.74, 6) is -1.61. The van der Waals surface area contributed by atoms with E-state index in [-0.39, 0.29) is 24.2 Å². The average Bonchev–Trinajstić information content (AvgIpc) is 2.11. The topological polar surface area (TPSA) is 92.4 Å². The zero-order valence-electron chi connectivity index (χ0n) is 10.1. The van der Waals surface area contributed by atoms with Crippen molar-refractivity contribution in [2.75, 3.05) is 0 Å². The molecule has 2 unspecified atom stereocenters. The maximum atomic E-state index is 11.5. The number of carboxylic acids is 1. The van der Waals surface area contributed by atoms with Crippen LogP contribution in [0.25, 0.3) is 0 Å². The highest BCUT2D eigenvalue weighted by molar-refractivity contribution is 5.87. The number of carboxylic acid groups (broad SMARTS) is 1. The van der Waals surface area contributed by atoms with Gasteiger partial charge in [0, 0.05) is 0 Å². The fourth-order valence-corrected chi connectivity index (χ4v) is 1.07. The molecule has 0 saturated carbocycles. The lowest BCUT2D eigenvalue weighted by atomic mass is 10.0. The third-order valence-electron chi connectivity index (χ3n) is 2.25. The van der Waals surface area contributed by atoms with E-state index in [9.17, 15) is 9.59 Å². The van der Waals surface area contributed by atoms with E-state index in [2.05, 4.69) is 5.32 Å². The van der Waals surface area contributed by atoms with Gasteiger partial charge >= 0.3 is 5.97 Å². The molecule has 1 amide bonds. The molecule has 0 aromatic carbocycles. The summed E-state index contributed by atoms with van der Waals surface area (Å²) in [5, 5.41) is 11.3. The van der Waals surface area contributed by atoms with Gasteiger partial charge < -0.3 is 16.2 Å². The monoisotopic (exact) mass is 252 g/mol. The van der Waals surface area contributed by atoms with Crippen molar-refractivity contribution >= 4 is 24.3 Å². The van der Waals surface area contributed by atoms with Crippen LogP contribution in [0.4, 0.5) is 0 Å². The largest absolute Gasteiger partial charge is 0.480 e. The van der Waals surface area contributed by atoms with E-state index in [1.54, 1.807) is 13.8 Å². The number of rotatable bonds is 5. The Balaban J connectivity index is 0. The minimum Gasteiger partial charge on any atom is -0.480 e. The van der Waals surface area contributed by atoms with Gasteiger partial charge in [0.15, 0.2) is 0 Å². The van der Waals surface area contributed by atoms with Gasteiger partial charge in [0.2, 0.25) is 5.91 Å². The third kappa shape index (κ3) is 5.32. The van der Waals surface area contributed by atoms with Gasteiger partial charge in [0.1, 0.15) is 6.04 Å². The lowest BCUT2D eigenvalue weighted by Crippen LogP contribution is -2.52. The third-order valence-corrected chi connectivity index (χ3v) is 2.25. The highest BCUT2D eigenvalue weighted by Gasteiger charge is 2.26. The first-order chi connectivity index (χ1) is 6.77. The molecule has 4 N–H and O–H groups in total. The Labute approximate surface area is 102 Å². The van der Waals surface area contributed by atoms with Gasteiger partial charge in [0.25, 0.3) is 0 Å². The Kier molecular flexibility index (Phi) is 8.20. The normalized spacial score (nSPS) is 14.2. The molecule has 2 atom stereocenters. The molecule has 0 radical (unpaired) electrons. The number of aliphatic carboxylic acids is 1. The molecule has 16 heavy (non-hydrogen) atoms. The van der Waals surface area contributed by atoms with E-state index in [1.165, 1.54) is 0 Å². The number of amides is 1. The van der Waals surface area contributed by atoms with Gasteiger partial charge in [-0.05, 0) is 11.8 Å². The quantitative estimate of drug-likeness (QED) is 0.669. The molecular formula is C10H21ClN2O3. The Bertz CT molecular complexity index is 244. The summed E-state index contributed by atoms with van der Waals surface area (Å²) in [6.45, 7) is 7.10. The van der Waals surface area contributed by atoms with Crippen LogP contribution in [0.5, 0.6) is 0 Å². The van der Waals surface area contributed by atoms with Crippen molar-refractivity contribution in [1.29, 1.82) is 0 Å². The van der Waals surface area contributed by atoms with Crippen LogP contribution in [0.2, 0.25) is 0 Å². The minimum atomic E-state index is -1.03. The average molecular weight is 253 g/mol. The fraction of sp³-hybridized carbons (Fsp3) is 0.800. The predicted octanol–water partition coefficient (Wildman–Crippen LogP) is 0.617. The van der Waals surface area contributed by atoms with Gasteiger partial charge in [-0.25, -0.2) is 4.79 Å². The molecule has 0 spiro atoms. The van der Waals surface area contributed by atoms with E-state index in [0.717, 1.165) is 0 Å². The summed E-state index contributed by atoms with van der Waals surface area (Å²) in [5.41, 5.74) is 5.60. The number of nitrogens with one attached hydrogen (secondary N) is 1. The SMILES string of the molecule is CC(C)C(N)C(=O)NC(C(=O)O)C(C)C.Cl. The molecular weight excluding hydrogens is 232 g/mol. The maximum absolute atomic E-state index is 11.5. The van der Waals surface area contributed by atoms with Crippen molar-refractivity contribution in [2.24, 2.45) is 17.6 Å². The van der Waals surface area contributed by atoms with E-state index in [0.29, 0.717) is 0 Å². The molecule has 6 heteroatoms. The summed E-state index contributed by atoms with van der Waals surface area (Å²) in [7, 11) is 0. The Morgan fingerprint density at radius 2 is 1.56 bits per heavy atom. The molecule has 0 fully saturated rings. The number of halogens is 1. The first-order valence-corrected chi connectivity index (χ1v) is 5.06. The second-order valence-corrected chi connectivity index (χ2v) is 4.34. The van der Waals surface area contributed by atoms with Crippen LogP contribution in [0, 0.1) is 11.8 Å². The lowest BCUT2D eigenvalue weighted by Gasteiger charge is -2.21. The van der Waals surface area contributed by atoms with Crippen molar-refractivity contribution in [1.82, 2.24) is 5.32 Å². The van der Waals surface area contributed by atoms with Crippen LogP contribution in [0.1, 0.15) is 27.7 Å². The predicted molar refractivity (Wildman–Crippen MR) is 64.5 cm³/mol. The van der Waals surface area contributed by atoms with Crippen molar-refractivity contribution in [2.45, 2.75) is 39.8 Å². The van der Waals surface area contributed by atoms with Crippen LogP contribution in [-0.2, 0) is 9.59 Å². The van der Waals surface area contributed by atoms with Crippen molar-refractivity contribution in [3.8, 4) is 0 Å². The van der Waals surface area contributed by atoms with Crippen LogP contribution >= 0.6 is 12.4 Å². The molecule has 0 rings (SSSR count). The number of carbonyl (C=O) groups excluding carboxylic acids is 1. The summed E-state index contributed by atoms with van der Waals surface area (Å²) in [6.07, 6.45) is 0. The zero-order valence-corrected chi connectivity index (χ0v) is 10.9. The zero-order chi connectivity index (χ0) is 12.2. The number of hydrogen-bond acceptors (Lipinski definition) is 3. The van der Waals surface area contributed by atoms with Crippen molar-refractivity contribution in [3.05, 3.63) is 0 Å². The second-order valence-electron chi connectivity index (χ2n) is 4.34. The van der Waals surface area contributed by atoms with Crippen LogP contribution in [-0.4, -0.2) is 29.1 Å². The van der Waals surface area contributed by atoms with Crippen molar-refractivity contribution in [3.63, 3.8) is 0 Å². The maximum Gasteiger partial charge on any atom is 0.326 e.